The number of halogens is 1. The molecule has 0 heterocycles. The molecule has 0 aromatic heterocycles. The zero-order valence-corrected chi connectivity index (χ0v) is 9.94. The summed E-state index contributed by atoms with van der Waals surface area (Å²) in [6.07, 6.45) is 8.25. The molecule has 1 aromatic carbocycles. The van der Waals surface area contributed by atoms with Crippen molar-refractivity contribution in [1.82, 2.24) is 0 Å². The highest BCUT2D eigenvalue weighted by Crippen LogP contribution is 2.43. The molecule has 1 atom stereocenters. The molecule has 0 amide bonds. The lowest BCUT2D eigenvalue weighted by Crippen LogP contribution is -2.17. The predicted octanol–water partition coefficient (Wildman–Crippen LogP) is 4.21. The van der Waals surface area contributed by atoms with Crippen LogP contribution in [0.5, 0.6) is 0 Å². The first kappa shape index (κ1) is 8.96. The van der Waals surface area contributed by atoms with Crippen LogP contribution in [0.3, 0.4) is 0 Å². The molecule has 0 aliphatic heterocycles. The summed E-state index contributed by atoms with van der Waals surface area (Å²) >= 11 is 3.70. The molecule has 2 aliphatic rings. The van der Waals surface area contributed by atoms with E-state index in [1.165, 1.54) is 43.0 Å². The van der Waals surface area contributed by atoms with Crippen molar-refractivity contribution in [1.29, 1.82) is 0 Å². The van der Waals surface area contributed by atoms with E-state index in [1.54, 1.807) is 16.7 Å². The van der Waals surface area contributed by atoms with Crippen molar-refractivity contribution in [3.63, 3.8) is 0 Å². The second-order valence-corrected chi connectivity index (χ2v) is 5.43. The second-order valence-electron chi connectivity index (χ2n) is 4.58. The summed E-state index contributed by atoms with van der Waals surface area (Å²) in [5, 5.41) is 0. The molecule has 0 fully saturated rings. The van der Waals surface area contributed by atoms with Gasteiger partial charge in [-0.3, -0.25) is 0 Å². The van der Waals surface area contributed by atoms with E-state index in [-0.39, 0.29) is 0 Å². The minimum absolute atomic E-state index is 0.889. The molecular formula is C13H15Br. The minimum Gasteiger partial charge on any atom is -0.0576 e. The third-order valence-electron chi connectivity index (χ3n) is 3.78. The van der Waals surface area contributed by atoms with Crippen LogP contribution < -0.4 is 0 Å². The van der Waals surface area contributed by atoms with Gasteiger partial charge in [-0.25, -0.2) is 0 Å². The molecule has 1 heteroatoms. The van der Waals surface area contributed by atoms with Crippen LogP contribution in [-0.4, -0.2) is 0 Å². The first-order chi connectivity index (χ1) is 6.86. The Morgan fingerprint density at radius 2 is 1.86 bits per heavy atom. The van der Waals surface area contributed by atoms with Gasteiger partial charge in [0.05, 0.1) is 0 Å². The summed E-state index contributed by atoms with van der Waals surface area (Å²) < 4.78 is 1.35. The fourth-order valence-corrected chi connectivity index (χ4v) is 3.71. The number of hydrogen-bond donors (Lipinski definition) is 0. The number of aryl methyl sites for hydroxylation is 1. The largest absolute Gasteiger partial charge is 0.0576 e. The van der Waals surface area contributed by atoms with Gasteiger partial charge in [-0.2, -0.15) is 0 Å². The normalized spacial score (nSPS) is 24.5. The Morgan fingerprint density at radius 1 is 1.07 bits per heavy atom. The Kier molecular flexibility index (Phi) is 2.16. The van der Waals surface area contributed by atoms with Crippen molar-refractivity contribution in [2.24, 2.45) is 0 Å². The van der Waals surface area contributed by atoms with Crippen molar-refractivity contribution >= 4 is 15.9 Å². The molecule has 0 spiro atoms. The van der Waals surface area contributed by atoms with Gasteiger partial charge in [0.25, 0.3) is 0 Å². The van der Waals surface area contributed by atoms with Gasteiger partial charge in [0.15, 0.2) is 0 Å². The van der Waals surface area contributed by atoms with E-state index in [0.717, 1.165) is 5.92 Å². The average Bonchev–Trinajstić information content (AvgIpc) is 2.24. The topological polar surface area (TPSA) is 0 Å². The zero-order valence-electron chi connectivity index (χ0n) is 8.35. The molecule has 0 nitrogen and oxygen atoms in total. The molecule has 0 saturated carbocycles. The van der Waals surface area contributed by atoms with Crippen LogP contribution in [0.15, 0.2) is 16.6 Å². The Balaban J connectivity index is 2.22. The number of benzene rings is 1. The highest BCUT2D eigenvalue weighted by molar-refractivity contribution is 9.10. The summed E-state index contributed by atoms with van der Waals surface area (Å²) in [5.41, 5.74) is 4.98. The lowest BCUT2D eigenvalue weighted by molar-refractivity contribution is 0.475. The van der Waals surface area contributed by atoms with Crippen LogP contribution in [0, 0.1) is 0 Å². The SMILES string of the molecule is Brc1ccc2c3c1CCCC3CCC2. The van der Waals surface area contributed by atoms with Gasteiger partial charge in [-0.05, 0) is 67.2 Å². The summed E-state index contributed by atoms with van der Waals surface area (Å²) in [4.78, 5) is 0. The van der Waals surface area contributed by atoms with Crippen LogP contribution in [0.1, 0.15) is 48.3 Å². The molecule has 2 aliphatic carbocycles. The monoisotopic (exact) mass is 250 g/mol. The summed E-state index contributed by atoms with van der Waals surface area (Å²) in [6.45, 7) is 0. The molecule has 74 valence electrons. The van der Waals surface area contributed by atoms with Crippen LogP contribution in [0.4, 0.5) is 0 Å². The van der Waals surface area contributed by atoms with E-state index in [4.69, 9.17) is 0 Å². The summed E-state index contributed by atoms with van der Waals surface area (Å²) in [7, 11) is 0. The highest BCUT2D eigenvalue weighted by atomic mass is 79.9. The van der Waals surface area contributed by atoms with Crippen LogP contribution in [0.25, 0.3) is 0 Å². The fraction of sp³-hybridized carbons (Fsp3) is 0.538. The molecule has 1 unspecified atom stereocenters. The Bertz CT molecular complexity index is 366. The molecule has 1 aromatic rings. The third-order valence-corrected chi connectivity index (χ3v) is 4.52. The van der Waals surface area contributed by atoms with Crippen molar-refractivity contribution in [2.45, 2.75) is 44.4 Å². The molecular weight excluding hydrogens is 236 g/mol. The van der Waals surface area contributed by atoms with E-state index >= 15 is 0 Å². The maximum absolute atomic E-state index is 3.70. The van der Waals surface area contributed by atoms with Gasteiger partial charge in [-0.15, -0.1) is 0 Å². The maximum atomic E-state index is 3.70. The van der Waals surface area contributed by atoms with Crippen molar-refractivity contribution in [2.75, 3.05) is 0 Å². The van der Waals surface area contributed by atoms with Crippen molar-refractivity contribution in [3.8, 4) is 0 Å². The quantitative estimate of drug-likeness (QED) is 0.648. The molecule has 14 heavy (non-hydrogen) atoms. The Morgan fingerprint density at radius 3 is 2.71 bits per heavy atom. The highest BCUT2D eigenvalue weighted by Gasteiger charge is 2.27. The van der Waals surface area contributed by atoms with E-state index in [9.17, 15) is 0 Å². The smallest absolute Gasteiger partial charge is 0.0210 e. The van der Waals surface area contributed by atoms with Crippen LogP contribution >= 0.6 is 15.9 Å². The predicted molar refractivity (Wildman–Crippen MR) is 62.8 cm³/mol. The number of rotatable bonds is 0. The molecule has 3 rings (SSSR count). The van der Waals surface area contributed by atoms with E-state index < -0.39 is 0 Å². The molecule has 0 saturated heterocycles. The van der Waals surface area contributed by atoms with E-state index in [0.29, 0.717) is 0 Å². The minimum atomic E-state index is 0.889. The first-order valence-corrected chi connectivity index (χ1v) is 6.45. The van der Waals surface area contributed by atoms with E-state index in [2.05, 4.69) is 28.1 Å². The van der Waals surface area contributed by atoms with Crippen LogP contribution in [0.2, 0.25) is 0 Å². The van der Waals surface area contributed by atoms with Crippen LogP contribution in [-0.2, 0) is 12.8 Å². The summed E-state index contributed by atoms with van der Waals surface area (Å²) in [6, 6.07) is 4.59. The molecule has 0 radical (unpaired) electrons. The molecule has 0 bridgehead atoms. The van der Waals surface area contributed by atoms with Crippen molar-refractivity contribution < 1.29 is 0 Å². The first-order valence-electron chi connectivity index (χ1n) is 5.66. The van der Waals surface area contributed by atoms with Gasteiger partial charge >= 0.3 is 0 Å². The van der Waals surface area contributed by atoms with Gasteiger partial charge in [0.1, 0.15) is 0 Å². The fourth-order valence-electron chi connectivity index (χ4n) is 3.16. The average molecular weight is 251 g/mol. The van der Waals surface area contributed by atoms with Gasteiger partial charge in [0, 0.05) is 4.47 Å². The summed E-state index contributed by atoms with van der Waals surface area (Å²) in [5.74, 6) is 0.889. The second kappa shape index (κ2) is 3.37. The zero-order chi connectivity index (χ0) is 9.54. The van der Waals surface area contributed by atoms with Gasteiger partial charge in [-0.1, -0.05) is 22.0 Å². The van der Waals surface area contributed by atoms with E-state index in [1.807, 2.05) is 0 Å². The molecule has 0 N–H and O–H groups in total. The Labute approximate surface area is 93.8 Å². The maximum Gasteiger partial charge on any atom is 0.0210 e. The van der Waals surface area contributed by atoms with Gasteiger partial charge in [0.2, 0.25) is 0 Å². The lowest BCUT2D eigenvalue weighted by atomic mass is 9.73. The van der Waals surface area contributed by atoms with Gasteiger partial charge < -0.3 is 0 Å². The van der Waals surface area contributed by atoms with Crippen molar-refractivity contribution in [3.05, 3.63) is 33.3 Å². The standard InChI is InChI=1S/C13H15Br/c14-12-8-7-10-4-1-3-9-5-2-6-11(12)13(9)10/h7-9H,1-6H2. The lowest BCUT2D eigenvalue weighted by Gasteiger charge is -2.32. The third kappa shape index (κ3) is 1.25. The number of hydrogen-bond acceptors (Lipinski definition) is 0. The Hall–Kier alpha value is -0.300.